The molecular formula is C18H16FN5O2S. The molecule has 0 radical (unpaired) electrons. The van der Waals surface area contributed by atoms with Crippen LogP contribution >= 0.6 is 11.3 Å². The highest BCUT2D eigenvalue weighted by atomic mass is 32.1. The number of carbonyl (C=O) groups excluding carboxylic acids is 1. The van der Waals surface area contributed by atoms with Crippen molar-refractivity contribution in [3.8, 4) is 15.6 Å². The lowest BCUT2D eigenvalue weighted by atomic mass is 9.91. The molecule has 1 aliphatic rings. The number of methoxy groups -OCH3 is 1. The van der Waals surface area contributed by atoms with Gasteiger partial charge in [-0.1, -0.05) is 17.4 Å². The Morgan fingerprint density at radius 2 is 2.19 bits per heavy atom. The van der Waals surface area contributed by atoms with Gasteiger partial charge in [0, 0.05) is 18.2 Å². The number of thiazole rings is 1. The number of fused-ring (bicyclic) bond motifs is 1. The van der Waals surface area contributed by atoms with E-state index in [2.05, 4.69) is 20.3 Å². The number of aromatic nitrogens is 3. The molecule has 3 heterocycles. The van der Waals surface area contributed by atoms with Gasteiger partial charge in [-0.25, -0.2) is 19.3 Å². The maximum atomic E-state index is 13.9. The van der Waals surface area contributed by atoms with Gasteiger partial charge in [0.15, 0.2) is 0 Å². The smallest absolute Gasteiger partial charge is 0.273 e. The minimum atomic E-state index is -0.373. The molecule has 3 N–H and O–H groups in total. The van der Waals surface area contributed by atoms with E-state index in [1.165, 1.54) is 30.6 Å². The lowest BCUT2D eigenvalue weighted by Gasteiger charge is -2.27. The van der Waals surface area contributed by atoms with Crippen molar-refractivity contribution in [2.24, 2.45) is 0 Å². The number of anilines is 1. The Hall–Kier alpha value is -3.07. The number of amides is 1. The van der Waals surface area contributed by atoms with Gasteiger partial charge < -0.3 is 15.8 Å². The van der Waals surface area contributed by atoms with Crippen molar-refractivity contribution in [3.05, 3.63) is 52.7 Å². The number of hydrogen-bond acceptors (Lipinski definition) is 7. The van der Waals surface area contributed by atoms with Gasteiger partial charge in [-0.2, -0.15) is 0 Å². The number of hydrogen-bond donors (Lipinski definition) is 2. The molecule has 0 fully saturated rings. The van der Waals surface area contributed by atoms with Gasteiger partial charge in [0.25, 0.3) is 11.1 Å². The number of ether oxygens (including phenoxy) is 1. The fraction of sp³-hybridized carbons (Fsp3) is 0.222. The van der Waals surface area contributed by atoms with Crippen molar-refractivity contribution < 1.29 is 13.9 Å². The molecule has 27 heavy (non-hydrogen) atoms. The highest BCUT2D eigenvalue weighted by molar-refractivity contribution is 7.16. The van der Waals surface area contributed by atoms with Gasteiger partial charge in [0.2, 0.25) is 5.95 Å². The molecule has 0 spiro atoms. The van der Waals surface area contributed by atoms with Gasteiger partial charge in [0.05, 0.1) is 35.0 Å². The zero-order valence-electron chi connectivity index (χ0n) is 14.6. The van der Waals surface area contributed by atoms with Crippen molar-refractivity contribution in [2.75, 3.05) is 12.8 Å². The summed E-state index contributed by atoms with van der Waals surface area (Å²) in [5, 5.41) is 3.45. The first-order valence-electron chi connectivity index (χ1n) is 8.19. The Morgan fingerprint density at radius 1 is 1.37 bits per heavy atom. The number of halogens is 1. The summed E-state index contributed by atoms with van der Waals surface area (Å²) in [5.74, 6) is -0.506. The molecule has 4 rings (SSSR count). The second kappa shape index (κ2) is 6.58. The monoisotopic (exact) mass is 385 g/mol. The van der Waals surface area contributed by atoms with Crippen molar-refractivity contribution in [1.29, 1.82) is 0 Å². The molecule has 0 bridgehead atoms. The van der Waals surface area contributed by atoms with E-state index >= 15 is 0 Å². The van der Waals surface area contributed by atoms with Crippen LogP contribution in [0.25, 0.3) is 10.4 Å². The van der Waals surface area contributed by atoms with Gasteiger partial charge in [0.1, 0.15) is 5.82 Å². The van der Waals surface area contributed by atoms with Crippen molar-refractivity contribution in [3.63, 3.8) is 0 Å². The maximum Gasteiger partial charge on any atom is 0.273 e. The lowest BCUT2D eigenvalue weighted by molar-refractivity contribution is 0.0922. The van der Waals surface area contributed by atoms with Crippen LogP contribution in [-0.2, 0) is 6.42 Å². The summed E-state index contributed by atoms with van der Waals surface area (Å²) in [5.41, 5.74) is 8.76. The van der Waals surface area contributed by atoms with Crippen LogP contribution in [0.1, 0.15) is 33.4 Å². The standard InChI is InChI=1S/C18H16FN5O2S/c1-8-15-13(24-17(20)22-8)6-12(23-16(15)25)10-4-3-9(19)5-11(10)14-7-21-18(26-2)27-14/h3-5,7,12H,6H2,1-2H3,(H,23,25)(H2,20,22,24). The van der Waals surface area contributed by atoms with Crippen LogP contribution in [-0.4, -0.2) is 28.0 Å². The quantitative estimate of drug-likeness (QED) is 0.718. The summed E-state index contributed by atoms with van der Waals surface area (Å²) >= 11 is 1.31. The molecular weight excluding hydrogens is 369 g/mol. The van der Waals surface area contributed by atoms with Crippen LogP contribution in [0.15, 0.2) is 24.4 Å². The van der Waals surface area contributed by atoms with Crippen LogP contribution < -0.4 is 15.8 Å². The van der Waals surface area contributed by atoms with Crippen molar-refractivity contribution >= 4 is 23.2 Å². The van der Waals surface area contributed by atoms with E-state index in [0.717, 1.165) is 10.4 Å². The minimum absolute atomic E-state index is 0.131. The number of nitrogen functional groups attached to an aromatic ring is 1. The van der Waals surface area contributed by atoms with E-state index in [1.807, 2.05) is 0 Å². The molecule has 1 atom stereocenters. The average Bonchev–Trinajstić information content (AvgIpc) is 3.09. The Labute approximate surface area is 158 Å². The van der Waals surface area contributed by atoms with E-state index in [-0.39, 0.29) is 23.7 Å². The lowest BCUT2D eigenvalue weighted by Crippen LogP contribution is -2.37. The van der Waals surface area contributed by atoms with E-state index < -0.39 is 0 Å². The summed E-state index contributed by atoms with van der Waals surface area (Å²) in [7, 11) is 1.53. The van der Waals surface area contributed by atoms with Crippen LogP contribution in [0.3, 0.4) is 0 Å². The third kappa shape index (κ3) is 3.10. The van der Waals surface area contributed by atoms with Gasteiger partial charge >= 0.3 is 0 Å². The summed E-state index contributed by atoms with van der Waals surface area (Å²) < 4.78 is 19.1. The van der Waals surface area contributed by atoms with Crippen molar-refractivity contribution in [2.45, 2.75) is 19.4 Å². The number of aryl methyl sites for hydroxylation is 1. The van der Waals surface area contributed by atoms with E-state index in [0.29, 0.717) is 34.1 Å². The topological polar surface area (TPSA) is 103 Å². The number of rotatable bonds is 3. The highest BCUT2D eigenvalue weighted by Gasteiger charge is 2.30. The summed E-state index contributed by atoms with van der Waals surface area (Å²) in [6.45, 7) is 1.73. The second-order valence-electron chi connectivity index (χ2n) is 6.15. The molecule has 1 aliphatic heterocycles. The Morgan fingerprint density at radius 3 is 2.93 bits per heavy atom. The zero-order chi connectivity index (χ0) is 19.1. The highest BCUT2D eigenvalue weighted by Crippen LogP contribution is 2.37. The summed E-state index contributed by atoms with van der Waals surface area (Å²) in [4.78, 5) is 25.8. The first kappa shape index (κ1) is 17.3. The molecule has 7 nitrogen and oxygen atoms in total. The minimum Gasteiger partial charge on any atom is -0.473 e. The van der Waals surface area contributed by atoms with E-state index in [1.54, 1.807) is 19.2 Å². The van der Waals surface area contributed by atoms with Gasteiger partial charge in [-0.3, -0.25) is 4.79 Å². The van der Waals surface area contributed by atoms with Crippen molar-refractivity contribution in [1.82, 2.24) is 20.3 Å². The first-order valence-corrected chi connectivity index (χ1v) is 9.01. The number of nitrogens with two attached hydrogens (primary N) is 1. The molecule has 1 unspecified atom stereocenters. The zero-order valence-corrected chi connectivity index (χ0v) is 15.4. The predicted molar refractivity (Wildman–Crippen MR) is 99.2 cm³/mol. The molecule has 1 amide bonds. The van der Waals surface area contributed by atoms with Crippen LogP contribution in [0.4, 0.5) is 10.3 Å². The van der Waals surface area contributed by atoms with Crippen LogP contribution in [0.2, 0.25) is 0 Å². The SMILES string of the molecule is COc1ncc(-c2cc(F)ccc2C2Cc3nc(N)nc(C)c3C(=O)N2)s1. The maximum absolute atomic E-state index is 13.9. The molecule has 0 aliphatic carbocycles. The fourth-order valence-corrected chi connectivity index (χ4v) is 4.05. The molecule has 2 aromatic heterocycles. The summed E-state index contributed by atoms with van der Waals surface area (Å²) in [6.07, 6.45) is 2.06. The molecule has 0 saturated carbocycles. The van der Waals surface area contributed by atoms with Crippen LogP contribution in [0, 0.1) is 12.7 Å². The number of carbonyl (C=O) groups is 1. The normalized spacial score (nSPS) is 16.0. The number of nitrogens with one attached hydrogen (secondary N) is 1. The molecule has 3 aromatic rings. The molecule has 1 aromatic carbocycles. The van der Waals surface area contributed by atoms with E-state index in [9.17, 15) is 9.18 Å². The molecule has 0 saturated heterocycles. The fourth-order valence-electron chi connectivity index (χ4n) is 3.28. The summed E-state index contributed by atoms with van der Waals surface area (Å²) in [6, 6.07) is 4.11. The van der Waals surface area contributed by atoms with Crippen LogP contribution in [0.5, 0.6) is 5.19 Å². The van der Waals surface area contributed by atoms with Gasteiger partial charge in [-0.15, -0.1) is 0 Å². The predicted octanol–water partition coefficient (Wildman–Crippen LogP) is 2.67. The number of nitrogens with zero attached hydrogens (tertiary/aromatic N) is 3. The first-order chi connectivity index (χ1) is 13.0. The average molecular weight is 385 g/mol. The van der Waals surface area contributed by atoms with E-state index in [4.69, 9.17) is 10.5 Å². The molecule has 9 heteroatoms. The largest absolute Gasteiger partial charge is 0.473 e. The third-order valence-electron chi connectivity index (χ3n) is 4.43. The van der Waals surface area contributed by atoms with Gasteiger partial charge in [-0.05, 0) is 24.6 Å². The Kier molecular flexibility index (Phi) is 4.23. The Balaban J connectivity index is 1.79. The Bertz CT molecular complexity index is 1050. The second-order valence-corrected chi connectivity index (χ2v) is 7.14. The third-order valence-corrected chi connectivity index (χ3v) is 5.42. The number of benzene rings is 1. The molecule has 138 valence electrons.